The highest BCUT2D eigenvalue weighted by atomic mass is 16.3. The zero-order valence-corrected chi connectivity index (χ0v) is 12.9. The second-order valence-corrected chi connectivity index (χ2v) is 5.41. The number of aliphatic hydroxyl groups is 1. The van der Waals surface area contributed by atoms with Crippen LogP contribution in [0.25, 0.3) is 5.65 Å². The van der Waals surface area contributed by atoms with Gasteiger partial charge in [0.25, 0.3) is 0 Å². The second-order valence-electron chi connectivity index (χ2n) is 5.41. The molecule has 0 aliphatic rings. The van der Waals surface area contributed by atoms with Gasteiger partial charge in [-0.3, -0.25) is 4.40 Å². The topological polar surface area (TPSA) is 62.2 Å². The smallest absolute Gasteiger partial charge is 0.182 e. The molecule has 3 aromatic rings. The first-order chi connectivity index (χ1) is 10.6. The summed E-state index contributed by atoms with van der Waals surface area (Å²) in [6, 6.07) is 9.71. The SMILES string of the molecule is Cc1ccc(N=Nc2c(C)nc3cc(CO)ccn23)cc1C. The van der Waals surface area contributed by atoms with Crippen LogP contribution in [0.4, 0.5) is 11.5 Å². The van der Waals surface area contributed by atoms with Crippen LogP contribution in [0, 0.1) is 20.8 Å². The van der Waals surface area contributed by atoms with Crippen molar-refractivity contribution in [2.75, 3.05) is 0 Å². The van der Waals surface area contributed by atoms with E-state index in [1.807, 2.05) is 47.9 Å². The lowest BCUT2D eigenvalue weighted by molar-refractivity contribution is 0.282. The molecule has 2 aromatic heterocycles. The molecule has 0 radical (unpaired) electrons. The standard InChI is InChI=1S/C17H18N4O/c1-11-4-5-15(8-12(11)2)19-20-17-13(3)18-16-9-14(10-22)6-7-21(16)17/h4-9,22H,10H2,1-3H3. The van der Waals surface area contributed by atoms with Crippen LogP contribution in [0.1, 0.15) is 22.4 Å². The van der Waals surface area contributed by atoms with Crippen LogP contribution in [0.2, 0.25) is 0 Å². The molecule has 0 saturated carbocycles. The zero-order valence-electron chi connectivity index (χ0n) is 12.9. The predicted molar refractivity (Wildman–Crippen MR) is 85.9 cm³/mol. The third-order valence-electron chi connectivity index (χ3n) is 3.77. The number of fused-ring (bicyclic) bond motifs is 1. The lowest BCUT2D eigenvalue weighted by Crippen LogP contribution is -1.88. The highest BCUT2D eigenvalue weighted by molar-refractivity contribution is 5.53. The van der Waals surface area contributed by atoms with Gasteiger partial charge in [0.2, 0.25) is 0 Å². The van der Waals surface area contributed by atoms with Crippen LogP contribution >= 0.6 is 0 Å². The number of benzene rings is 1. The van der Waals surface area contributed by atoms with E-state index in [4.69, 9.17) is 0 Å². The van der Waals surface area contributed by atoms with Gasteiger partial charge in [-0.05, 0) is 61.7 Å². The molecule has 5 heteroatoms. The molecule has 0 aliphatic carbocycles. The third kappa shape index (κ3) is 2.63. The number of imidazole rings is 1. The molecule has 2 heterocycles. The molecule has 0 fully saturated rings. The van der Waals surface area contributed by atoms with E-state index >= 15 is 0 Å². The van der Waals surface area contributed by atoms with Gasteiger partial charge in [0.15, 0.2) is 5.82 Å². The number of hydrogen-bond donors (Lipinski definition) is 1. The molecule has 1 N–H and O–H groups in total. The fraction of sp³-hybridized carbons (Fsp3) is 0.235. The molecular formula is C17H18N4O. The van der Waals surface area contributed by atoms with E-state index in [9.17, 15) is 5.11 Å². The highest BCUT2D eigenvalue weighted by Crippen LogP contribution is 2.25. The Labute approximate surface area is 129 Å². The number of pyridine rings is 1. The molecule has 0 spiro atoms. The fourth-order valence-corrected chi connectivity index (χ4v) is 2.30. The molecule has 0 aliphatic heterocycles. The average molecular weight is 294 g/mol. The van der Waals surface area contributed by atoms with Gasteiger partial charge >= 0.3 is 0 Å². The summed E-state index contributed by atoms with van der Waals surface area (Å²) in [5, 5.41) is 17.9. The molecule has 3 rings (SSSR count). The van der Waals surface area contributed by atoms with E-state index in [1.54, 1.807) is 0 Å². The zero-order chi connectivity index (χ0) is 15.7. The van der Waals surface area contributed by atoms with Crippen molar-refractivity contribution >= 4 is 17.2 Å². The number of nitrogens with zero attached hydrogens (tertiary/aromatic N) is 4. The molecule has 5 nitrogen and oxygen atoms in total. The number of azo groups is 1. The van der Waals surface area contributed by atoms with Crippen LogP contribution in [0.5, 0.6) is 0 Å². The van der Waals surface area contributed by atoms with Crippen molar-refractivity contribution in [2.45, 2.75) is 27.4 Å². The molecule has 0 bridgehead atoms. The molecule has 0 atom stereocenters. The van der Waals surface area contributed by atoms with E-state index in [1.165, 1.54) is 11.1 Å². The van der Waals surface area contributed by atoms with Gasteiger partial charge in [0.05, 0.1) is 18.0 Å². The third-order valence-corrected chi connectivity index (χ3v) is 3.77. The van der Waals surface area contributed by atoms with Gasteiger partial charge in [-0.25, -0.2) is 4.98 Å². The van der Waals surface area contributed by atoms with Crippen molar-refractivity contribution in [3.63, 3.8) is 0 Å². The first-order valence-electron chi connectivity index (χ1n) is 7.16. The molecule has 0 amide bonds. The maximum atomic E-state index is 9.19. The van der Waals surface area contributed by atoms with Gasteiger partial charge in [0.1, 0.15) is 5.65 Å². The van der Waals surface area contributed by atoms with Gasteiger partial charge in [0, 0.05) is 6.20 Å². The van der Waals surface area contributed by atoms with Gasteiger partial charge in [-0.1, -0.05) is 6.07 Å². The largest absolute Gasteiger partial charge is 0.392 e. The first-order valence-corrected chi connectivity index (χ1v) is 7.16. The fourth-order valence-electron chi connectivity index (χ4n) is 2.30. The molecule has 22 heavy (non-hydrogen) atoms. The van der Waals surface area contributed by atoms with Crippen molar-refractivity contribution in [1.29, 1.82) is 0 Å². The van der Waals surface area contributed by atoms with Crippen LogP contribution in [-0.4, -0.2) is 14.5 Å². The Bertz CT molecular complexity index is 864. The molecule has 1 aromatic carbocycles. The summed E-state index contributed by atoms with van der Waals surface area (Å²) in [6.07, 6.45) is 1.86. The van der Waals surface area contributed by atoms with Crippen molar-refractivity contribution < 1.29 is 5.11 Å². The van der Waals surface area contributed by atoms with Crippen molar-refractivity contribution in [2.24, 2.45) is 10.2 Å². The van der Waals surface area contributed by atoms with Gasteiger partial charge in [-0.2, -0.15) is 0 Å². The second kappa shape index (κ2) is 5.69. The minimum Gasteiger partial charge on any atom is -0.392 e. The maximum absolute atomic E-state index is 9.19. The molecular weight excluding hydrogens is 276 g/mol. The summed E-state index contributed by atoms with van der Waals surface area (Å²) < 4.78 is 1.87. The Balaban J connectivity index is 2.00. The molecule has 0 unspecified atom stereocenters. The lowest BCUT2D eigenvalue weighted by atomic mass is 10.1. The Kier molecular flexibility index (Phi) is 3.73. The summed E-state index contributed by atoms with van der Waals surface area (Å²) in [6.45, 7) is 6.04. The Hall–Kier alpha value is -2.53. The summed E-state index contributed by atoms with van der Waals surface area (Å²) >= 11 is 0. The summed E-state index contributed by atoms with van der Waals surface area (Å²) in [5.41, 5.74) is 5.65. The lowest BCUT2D eigenvalue weighted by Gasteiger charge is -2.01. The van der Waals surface area contributed by atoms with Crippen molar-refractivity contribution in [1.82, 2.24) is 9.38 Å². The summed E-state index contributed by atoms with van der Waals surface area (Å²) in [7, 11) is 0. The van der Waals surface area contributed by atoms with Crippen LogP contribution in [0.3, 0.4) is 0 Å². The van der Waals surface area contributed by atoms with Crippen LogP contribution in [0.15, 0.2) is 46.8 Å². The number of rotatable bonds is 3. The van der Waals surface area contributed by atoms with Crippen LogP contribution < -0.4 is 0 Å². The maximum Gasteiger partial charge on any atom is 0.182 e. The predicted octanol–water partition coefficient (Wildman–Crippen LogP) is 4.17. The van der Waals surface area contributed by atoms with Crippen molar-refractivity contribution in [3.8, 4) is 0 Å². The van der Waals surface area contributed by atoms with Gasteiger partial charge < -0.3 is 5.11 Å². The quantitative estimate of drug-likeness (QED) is 0.737. The van der Waals surface area contributed by atoms with E-state index in [2.05, 4.69) is 29.1 Å². The normalized spacial score (nSPS) is 11.6. The number of aryl methyl sites for hydroxylation is 3. The van der Waals surface area contributed by atoms with E-state index in [-0.39, 0.29) is 6.61 Å². The Morgan fingerprint density at radius 3 is 2.59 bits per heavy atom. The first kappa shape index (κ1) is 14.4. The average Bonchev–Trinajstić information content (AvgIpc) is 2.83. The number of aromatic nitrogens is 2. The van der Waals surface area contributed by atoms with Gasteiger partial charge in [-0.15, -0.1) is 10.2 Å². The Morgan fingerprint density at radius 2 is 1.86 bits per heavy atom. The monoisotopic (exact) mass is 294 g/mol. The van der Waals surface area contributed by atoms with E-state index < -0.39 is 0 Å². The minimum atomic E-state index is 0.00189. The van der Waals surface area contributed by atoms with Crippen LogP contribution in [-0.2, 0) is 6.61 Å². The number of hydrogen-bond acceptors (Lipinski definition) is 4. The van der Waals surface area contributed by atoms with E-state index in [0.717, 1.165) is 22.6 Å². The highest BCUT2D eigenvalue weighted by Gasteiger charge is 2.08. The number of aliphatic hydroxyl groups excluding tert-OH is 1. The molecule has 0 saturated heterocycles. The molecule has 112 valence electrons. The summed E-state index contributed by atoms with van der Waals surface area (Å²) in [4.78, 5) is 4.46. The minimum absolute atomic E-state index is 0.00189. The van der Waals surface area contributed by atoms with Crippen molar-refractivity contribution in [3.05, 3.63) is 58.9 Å². The summed E-state index contributed by atoms with van der Waals surface area (Å²) in [5.74, 6) is 0.706. The Morgan fingerprint density at radius 1 is 1.05 bits per heavy atom. The van der Waals surface area contributed by atoms with E-state index in [0.29, 0.717) is 5.82 Å².